The summed E-state index contributed by atoms with van der Waals surface area (Å²) in [5, 5.41) is 0. The van der Waals surface area contributed by atoms with Gasteiger partial charge in [-0.3, -0.25) is 0 Å². The van der Waals surface area contributed by atoms with E-state index in [2.05, 4.69) is 450 Å². The monoisotopic (exact) mass is 1520 g/mol. The van der Waals surface area contributed by atoms with Crippen LogP contribution in [0.25, 0.3) is 0 Å². The minimum absolute atomic E-state index is 0.418. The first-order valence-corrected chi connectivity index (χ1v) is 46.2. The van der Waals surface area contributed by atoms with Gasteiger partial charge in [0.1, 0.15) is 0 Å². The zero-order valence-electron chi connectivity index (χ0n) is 89.4. The summed E-state index contributed by atoms with van der Waals surface area (Å²) in [6, 6.07) is 0. The zero-order valence-corrected chi connectivity index (χ0v) is 89.4. The topological polar surface area (TPSA) is 0 Å². The molecule has 0 aromatic heterocycles. The molecule has 0 heteroatoms. The lowest BCUT2D eigenvalue weighted by Gasteiger charge is -2.42. The van der Waals surface area contributed by atoms with Crippen LogP contribution in [0.2, 0.25) is 0 Å². The number of rotatable bonds is 13. The fraction of sp³-hybridized carbons (Fsp3) is 1.00. The highest BCUT2D eigenvalue weighted by molar-refractivity contribution is 5.00. The molecule has 0 aliphatic heterocycles. The normalized spacial score (nSPS) is 18.0. The molecule has 0 amide bonds. The summed E-state index contributed by atoms with van der Waals surface area (Å²) in [4.78, 5) is 0. The van der Waals surface area contributed by atoms with Gasteiger partial charge in [-0.05, 0) is 220 Å². The van der Waals surface area contributed by atoms with Gasteiger partial charge >= 0.3 is 0 Å². The van der Waals surface area contributed by atoms with Gasteiger partial charge in [-0.25, -0.2) is 0 Å². The van der Waals surface area contributed by atoms with E-state index in [4.69, 9.17) is 0 Å². The minimum Gasteiger partial charge on any atom is -0.0651 e. The highest BCUT2D eigenvalue weighted by Crippen LogP contribution is 2.61. The predicted octanol–water partition coefficient (Wildman–Crippen LogP) is 39.5. The molecule has 4 rings (SSSR count). The van der Waals surface area contributed by atoms with Crippen LogP contribution in [0.4, 0.5) is 0 Å². The molecule has 0 saturated heterocycles. The molecule has 0 heterocycles. The van der Waals surface area contributed by atoms with Crippen molar-refractivity contribution >= 4 is 0 Å². The van der Waals surface area contributed by atoms with Crippen molar-refractivity contribution in [1.29, 1.82) is 0 Å². The van der Waals surface area contributed by atoms with Crippen molar-refractivity contribution < 1.29 is 0 Å². The lowest BCUT2D eigenvalue weighted by atomic mass is 9.63. The van der Waals surface area contributed by atoms with Crippen molar-refractivity contribution in [1.82, 2.24) is 0 Å². The summed E-state index contributed by atoms with van der Waals surface area (Å²) in [6.45, 7) is 149. The molecule has 2 unspecified atom stereocenters. The molecular formula is C107H232. The fourth-order valence-corrected chi connectivity index (χ4v) is 8.38. The maximum atomic E-state index is 2.44. The Hall–Kier alpha value is 0. The van der Waals surface area contributed by atoms with E-state index in [1.807, 2.05) is 0 Å². The van der Waals surface area contributed by atoms with Gasteiger partial charge in [-0.1, -0.05) is 476 Å². The Bertz CT molecular complexity index is 1920. The smallest absolute Gasteiger partial charge is 0.0283 e. The summed E-state index contributed by atoms with van der Waals surface area (Å²) >= 11 is 0. The van der Waals surface area contributed by atoms with Crippen LogP contribution in [0.5, 0.6) is 0 Å². The molecule has 0 nitrogen and oxygen atoms in total. The number of hydrogen-bond donors (Lipinski definition) is 0. The largest absolute Gasteiger partial charge is 0.0651 e. The Morgan fingerprint density at radius 3 is 0.589 bits per heavy atom. The predicted molar refractivity (Wildman–Crippen MR) is 511 cm³/mol. The van der Waals surface area contributed by atoms with E-state index >= 15 is 0 Å². The Morgan fingerprint density at radius 1 is 0.308 bits per heavy atom. The third-order valence-electron chi connectivity index (χ3n) is 32.1. The van der Waals surface area contributed by atoms with Crippen LogP contribution in [-0.4, -0.2) is 0 Å². The Morgan fingerprint density at radius 2 is 0.570 bits per heavy atom. The van der Waals surface area contributed by atoms with Crippen LogP contribution in [-0.2, 0) is 0 Å². The van der Waals surface area contributed by atoms with Crippen LogP contribution >= 0.6 is 0 Å². The second-order valence-corrected chi connectivity index (χ2v) is 52.5. The summed E-state index contributed by atoms with van der Waals surface area (Å²) < 4.78 is 0. The van der Waals surface area contributed by atoms with E-state index in [9.17, 15) is 0 Å². The first kappa shape index (κ1) is 125. The molecule has 0 bridgehead atoms. The first-order chi connectivity index (χ1) is 46.2. The van der Waals surface area contributed by atoms with Crippen molar-refractivity contribution in [2.45, 2.75) is 521 Å². The zero-order chi connectivity index (χ0) is 89.4. The second-order valence-electron chi connectivity index (χ2n) is 52.5. The Labute approximate surface area is 691 Å². The van der Waals surface area contributed by atoms with E-state index in [1.54, 1.807) is 19.3 Å². The molecule has 5 atom stereocenters. The minimum atomic E-state index is 0.418. The van der Waals surface area contributed by atoms with Gasteiger partial charge in [-0.2, -0.15) is 0 Å². The van der Waals surface area contributed by atoms with Gasteiger partial charge in [0, 0.05) is 0 Å². The molecule has 4 fully saturated rings. The molecule has 0 aromatic carbocycles. The van der Waals surface area contributed by atoms with Crippen LogP contribution in [0.1, 0.15) is 521 Å². The SMILES string of the molecule is CC(C)(C)C(C)(C)C.CC(C)(C)C(C)(C)C.CC(C)(C)C(C)(C)C.CC(C)C(C)(C)C(C)(C)C.CC(C)C(C)(C)C(C)C.CC(C)C(C)C(C)C.CC(C)[C@@H](C)C(C)(C)C.CC1(C2CC2)CC1.CCC(C)(C)C(C)(C)C.CCC(C)(C)C(C)C.CCC(C)C(C)(C)C.CC[C@@H](C)C(C)(C)C.C[C@H]1CC1C1CC1. The molecule has 4 aliphatic rings. The third-order valence-corrected chi connectivity index (χ3v) is 32.1. The average Bonchev–Trinajstić information content (AvgIpc) is 1.62. The van der Waals surface area contributed by atoms with Crippen molar-refractivity contribution in [3.05, 3.63) is 0 Å². The van der Waals surface area contributed by atoms with Gasteiger partial charge < -0.3 is 0 Å². The number of hydrogen-bond acceptors (Lipinski definition) is 0. The standard InChI is InChI=1S/C10H22.3C9H20.7C8H18.2C7H12/c1-8(2)10(6,7)9(3,4)5;1-7-9(5,6)8(2,3)4;1-7(2)8(3)9(4,5)6;1-7(2)9(5,6)8(3)4;3*1-7(2,3)8(4,5)6;2*1-6-7(2)8(3,4)5;1-6-8(4,5)7(2)3;1-6(2)8(5)7(3)4;1-7(4-5-7)6-2-3-6;1-5-4-7(5)6-2-3-6/h8H,1-7H3;7H2,1-6H3;2*7-8H,1-6H3;3*1-6H3;3*7H,6H2,1-5H3;6-8H,1-5H3;6H,2-5H2,1H3;5-7H,2-4H2,1H3/t;;8-;;;;;7-;;;;;5-,7?/m..1....1....0/s1. The van der Waals surface area contributed by atoms with Gasteiger partial charge in [0.15, 0.2) is 0 Å². The van der Waals surface area contributed by atoms with E-state index in [1.165, 1.54) is 63.2 Å². The lowest BCUT2D eigenvalue weighted by Crippen LogP contribution is -2.34. The maximum absolute atomic E-state index is 2.44. The molecule has 660 valence electrons. The molecule has 4 saturated carbocycles. The summed E-state index contributed by atoms with van der Waals surface area (Å²) in [5.74, 6) is 13.7. The highest BCUT2D eigenvalue weighted by Gasteiger charge is 2.49. The molecule has 0 radical (unpaired) electrons. The molecule has 0 spiro atoms. The molecule has 0 aromatic rings. The van der Waals surface area contributed by atoms with Crippen LogP contribution in [0.15, 0.2) is 0 Å². The average molecular weight is 1520 g/mol. The highest BCUT2D eigenvalue weighted by atomic mass is 14.5. The third kappa shape index (κ3) is 62.0. The molecule has 4 aliphatic carbocycles. The fourth-order valence-electron chi connectivity index (χ4n) is 8.38. The first-order valence-electron chi connectivity index (χ1n) is 46.2. The van der Waals surface area contributed by atoms with Crippen molar-refractivity contribution in [3.8, 4) is 0 Å². The molecule has 107 heavy (non-hydrogen) atoms. The van der Waals surface area contributed by atoms with Gasteiger partial charge in [0.05, 0.1) is 0 Å². The van der Waals surface area contributed by atoms with Crippen LogP contribution in [0, 0.1) is 175 Å². The van der Waals surface area contributed by atoms with E-state index in [0.29, 0.717) is 81.2 Å². The second kappa shape index (κ2) is 50.6. The lowest BCUT2D eigenvalue weighted by molar-refractivity contribution is 0.0737. The summed E-state index contributed by atoms with van der Waals surface area (Å²) in [7, 11) is 0. The molecule has 0 N–H and O–H groups in total. The van der Waals surface area contributed by atoms with Gasteiger partial charge in [0.2, 0.25) is 0 Å². The van der Waals surface area contributed by atoms with Crippen molar-refractivity contribution in [2.75, 3.05) is 0 Å². The van der Waals surface area contributed by atoms with E-state index in [-0.39, 0.29) is 0 Å². The van der Waals surface area contributed by atoms with Gasteiger partial charge in [0.25, 0.3) is 0 Å². The maximum Gasteiger partial charge on any atom is -0.0283 e. The quantitative estimate of drug-likeness (QED) is 0.172. The van der Waals surface area contributed by atoms with Crippen molar-refractivity contribution in [2.24, 2.45) is 175 Å². The molecular weight excluding hydrogens is 1290 g/mol. The van der Waals surface area contributed by atoms with E-state index in [0.717, 1.165) is 82.3 Å². The van der Waals surface area contributed by atoms with E-state index < -0.39 is 0 Å². The van der Waals surface area contributed by atoms with Crippen molar-refractivity contribution in [3.63, 3.8) is 0 Å². The summed E-state index contributed by atoms with van der Waals surface area (Å²) in [5.41, 5.74) is 7.81. The Balaban J connectivity index is -0.000000139. The van der Waals surface area contributed by atoms with Crippen LogP contribution in [0.3, 0.4) is 0 Å². The Kier molecular flexibility index (Phi) is 59.2. The summed E-state index contributed by atoms with van der Waals surface area (Å²) in [6.07, 6.45) is 15.9. The van der Waals surface area contributed by atoms with Gasteiger partial charge in [-0.15, -0.1) is 0 Å². The van der Waals surface area contributed by atoms with Crippen LogP contribution < -0.4 is 0 Å².